The van der Waals surface area contributed by atoms with Crippen molar-refractivity contribution in [2.75, 3.05) is 0 Å². The topological polar surface area (TPSA) is 37.3 Å². The van der Waals surface area contributed by atoms with E-state index in [9.17, 15) is 9.90 Å². The monoisotopic (exact) mass is 388 g/mol. The van der Waals surface area contributed by atoms with Gasteiger partial charge in [0.1, 0.15) is 5.78 Å². The maximum atomic E-state index is 13.2. The van der Waals surface area contributed by atoms with Crippen molar-refractivity contribution in [2.45, 2.75) is 105 Å². The van der Waals surface area contributed by atoms with Crippen molar-refractivity contribution < 1.29 is 9.90 Å². The second-order valence-corrected chi connectivity index (χ2v) is 12.0. The van der Waals surface area contributed by atoms with Gasteiger partial charge in [-0.25, -0.2) is 0 Å². The Labute approximate surface area is 173 Å². The van der Waals surface area contributed by atoms with Crippen LogP contribution in [0, 0.1) is 52.3 Å². The van der Waals surface area contributed by atoms with Gasteiger partial charge in [-0.05, 0) is 97.7 Å². The lowest BCUT2D eigenvalue weighted by molar-refractivity contribution is -0.160. The van der Waals surface area contributed by atoms with Crippen molar-refractivity contribution in [3.8, 4) is 0 Å². The van der Waals surface area contributed by atoms with Gasteiger partial charge in [0.2, 0.25) is 0 Å². The molecule has 160 valence electrons. The van der Waals surface area contributed by atoms with E-state index in [-0.39, 0.29) is 17.4 Å². The first-order chi connectivity index (χ1) is 13.2. The molecule has 0 aromatic heterocycles. The van der Waals surface area contributed by atoms with Gasteiger partial charge in [0, 0.05) is 12.3 Å². The molecule has 4 rings (SSSR count). The normalized spacial score (nSPS) is 50.4. The van der Waals surface area contributed by atoms with Gasteiger partial charge in [0.15, 0.2) is 0 Å². The standard InChI is InChI=1S/C26H44O2/c1-6-16(2)13-17(3)20-7-8-21-19-15-24(28)23-14-18(27)9-11-26(23,5)22(19)10-12-25(20,21)4/h16-23,27H,6-15H2,1-5H3/t16?,17-,18-,19+,20-,21+,22+,23-,25-,26-/m1/s1. The zero-order chi connectivity index (χ0) is 20.3. The van der Waals surface area contributed by atoms with Gasteiger partial charge >= 0.3 is 0 Å². The van der Waals surface area contributed by atoms with Crippen LogP contribution in [-0.4, -0.2) is 17.0 Å². The number of carbonyl (C=O) groups is 1. The Morgan fingerprint density at radius 1 is 1.04 bits per heavy atom. The van der Waals surface area contributed by atoms with E-state index in [0.717, 1.165) is 49.4 Å². The van der Waals surface area contributed by atoms with Gasteiger partial charge in [-0.2, -0.15) is 0 Å². The van der Waals surface area contributed by atoms with E-state index in [1.54, 1.807) is 0 Å². The Morgan fingerprint density at radius 3 is 2.43 bits per heavy atom. The molecular formula is C26H44O2. The van der Waals surface area contributed by atoms with Crippen molar-refractivity contribution in [1.29, 1.82) is 0 Å². The predicted molar refractivity (Wildman–Crippen MR) is 115 cm³/mol. The van der Waals surface area contributed by atoms with Crippen LogP contribution in [-0.2, 0) is 4.79 Å². The fourth-order valence-electron chi connectivity index (χ4n) is 8.96. The molecule has 0 heterocycles. The zero-order valence-electron chi connectivity index (χ0n) is 19.0. The molecule has 2 heteroatoms. The van der Waals surface area contributed by atoms with Crippen molar-refractivity contribution in [1.82, 2.24) is 0 Å². The van der Waals surface area contributed by atoms with Crippen LogP contribution in [0.4, 0.5) is 0 Å². The van der Waals surface area contributed by atoms with Gasteiger partial charge in [0.05, 0.1) is 6.10 Å². The molecule has 0 aliphatic heterocycles. The summed E-state index contributed by atoms with van der Waals surface area (Å²) in [5.41, 5.74) is 0.604. The van der Waals surface area contributed by atoms with Gasteiger partial charge < -0.3 is 5.11 Å². The minimum absolute atomic E-state index is 0.128. The summed E-state index contributed by atoms with van der Waals surface area (Å²) in [6.45, 7) is 12.3. The third kappa shape index (κ3) is 3.12. The lowest BCUT2D eigenvalue weighted by Crippen LogP contribution is -2.57. The molecule has 4 aliphatic rings. The molecule has 1 N–H and O–H groups in total. The largest absolute Gasteiger partial charge is 0.393 e. The Bertz CT molecular complexity index is 599. The number of Topliss-reactive ketones (excluding diaryl/α,β-unsaturated/α-hetero) is 1. The van der Waals surface area contributed by atoms with Gasteiger partial charge in [-0.15, -0.1) is 0 Å². The van der Waals surface area contributed by atoms with E-state index >= 15 is 0 Å². The fourth-order valence-corrected chi connectivity index (χ4v) is 8.96. The highest BCUT2D eigenvalue weighted by molar-refractivity contribution is 5.83. The molecule has 0 aromatic carbocycles. The van der Waals surface area contributed by atoms with Crippen LogP contribution in [0.25, 0.3) is 0 Å². The summed E-state index contributed by atoms with van der Waals surface area (Å²) >= 11 is 0. The molecule has 0 bridgehead atoms. The van der Waals surface area contributed by atoms with E-state index in [0.29, 0.717) is 23.0 Å². The second-order valence-electron chi connectivity index (χ2n) is 12.0. The first-order valence-electron chi connectivity index (χ1n) is 12.4. The van der Waals surface area contributed by atoms with Crippen molar-refractivity contribution in [3.05, 3.63) is 0 Å². The van der Waals surface area contributed by atoms with Gasteiger partial charge in [-0.3, -0.25) is 4.79 Å². The van der Waals surface area contributed by atoms with Crippen LogP contribution < -0.4 is 0 Å². The summed E-state index contributed by atoms with van der Waals surface area (Å²) in [5, 5.41) is 10.2. The van der Waals surface area contributed by atoms with E-state index in [1.165, 1.54) is 38.5 Å². The Hall–Kier alpha value is -0.370. The Kier molecular flexibility index (Phi) is 5.52. The lowest BCUT2D eigenvalue weighted by atomic mass is 9.44. The third-order valence-electron chi connectivity index (χ3n) is 10.7. The van der Waals surface area contributed by atoms with E-state index in [2.05, 4.69) is 34.6 Å². The summed E-state index contributed by atoms with van der Waals surface area (Å²) < 4.78 is 0. The molecule has 4 aliphatic carbocycles. The van der Waals surface area contributed by atoms with Gasteiger partial charge in [-0.1, -0.05) is 41.0 Å². The lowest BCUT2D eigenvalue weighted by Gasteiger charge is -2.60. The van der Waals surface area contributed by atoms with Crippen molar-refractivity contribution in [3.63, 3.8) is 0 Å². The first-order valence-corrected chi connectivity index (χ1v) is 12.4. The Balaban J connectivity index is 1.56. The average molecular weight is 389 g/mol. The minimum Gasteiger partial charge on any atom is -0.393 e. The maximum Gasteiger partial charge on any atom is 0.136 e. The summed E-state index contributed by atoms with van der Waals surface area (Å²) in [7, 11) is 0. The number of hydrogen-bond donors (Lipinski definition) is 1. The summed E-state index contributed by atoms with van der Waals surface area (Å²) in [6.07, 6.45) is 11.3. The molecule has 4 fully saturated rings. The zero-order valence-corrected chi connectivity index (χ0v) is 19.0. The van der Waals surface area contributed by atoms with Crippen molar-refractivity contribution >= 4 is 5.78 Å². The van der Waals surface area contributed by atoms with Gasteiger partial charge in [0.25, 0.3) is 0 Å². The average Bonchev–Trinajstić information content (AvgIpc) is 3.00. The van der Waals surface area contributed by atoms with Crippen LogP contribution >= 0.6 is 0 Å². The van der Waals surface area contributed by atoms with Crippen LogP contribution in [0.2, 0.25) is 0 Å². The number of fused-ring (bicyclic) bond motifs is 5. The summed E-state index contributed by atoms with van der Waals surface area (Å²) in [6, 6.07) is 0. The number of rotatable bonds is 4. The van der Waals surface area contributed by atoms with Crippen molar-refractivity contribution in [2.24, 2.45) is 52.3 Å². The quantitative estimate of drug-likeness (QED) is 0.617. The molecule has 1 unspecified atom stereocenters. The molecule has 0 saturated heterocycles. The number of ketones is 1. The number of aliphatic hydroxyl groups is 1. The third-order valence-corrected chi connectivity index (χ3v) is 10.7. The van der Waals surface area contributed by atoms with Crippen LogP contribution in [0.1, 0.15) is 98.8 Å². The van der Waals surface area contributed by atoms with E-state index in [1.807, 2.05) is 0 Å². The number of carbonyl (C=O) groups excluding carboxylic acids is 1. The highest BCUT2D eigenvalue weighted by Gasteiger charge is 2.62. The molecular weight excluding hydrogens is 344 g/mol. The number of hydrogen-bond acceptors (Lipinski definition) is 2. The summed E-state index contributed by atoms with van der Waals surface area (Å²) in [4.78, 5) is 13.2. The highest BCUT2D eigenvalue weighted by Crippen LogP contribution is 2.67. The molecule has 0 spiro atoms. The molecule has 0 radical (unpaired) electrons. The minimum atomic E-state index is -0.246. The Morgan fingerprint density at radius 2 is 1.71 bits per heavy atom. The SMILES string of the molecule is CCC(C)C[C@@H](C)[C@H]1CC[C@H]2[C@@H]3CC(=O)[C@H]4C[C@H](O)CC[C@]4(C)[C@H]3CC[C@]12C. The smallest absolute Gasteiger partial charge is 0.136 e. The summed E-state index contributed by atoms with van der Waals surface area (Å²) in [5.74, 6) is 5.19. The molecule has 4 saturated carbocycles. The molecule has 0 aromatic rings. The highest BCUT2D eigenvalue weighted by atomic mass is 16.3. The maximum absolute atomic E-state index is 13.2. The fraction of sp³-hybridized carbons (Fsp3) is 0.962. The van der Waals surface area contributed by atoms with E-state index in [4.69, 9.17) is 0 Å². The van der Waals surface area contributed by atoms with E-state index < -0.39 is 0 Å². The molecule has 0 amide bonds. The molecule has 28 heavy (non-hydrogen) atoms. The first kappa shape index (κ1) is 20.9. The van der Waals surface area contributed by atoms with Crippen LogP contribution in [0.3, 0.4) is 0 Å². The van der Waals surface area contributed by atoms with Crippen LogP contribution in [0.5, 0.6) is 0 Å². The second kappa shape index (κ2) is 7.40. The predicted octanol–water partition coefficient (Wildman–Crippen LogP) is 6.26. The van der Waals surface area contributed by atoms with Crippen LogP contribution in [0.15, 0.2) is 0 Å². The molecule has 2 nitrogen and oxygen atoms in total. The number of aliphatic hydroxyl groups excluding tert-OH is 1. The molecule has 10 atom stereocenters.